The number of carbonyl (C=O) groups is 1. The molecule has 0 aromatic carbocycles. The van der Waals surface area contributed by atoms with E-state index in [9.17, 15) is 13.6 Å². The summed E-state index contributed by atoms with van der Waals surface area (Å²) in [5.41, 5.74) is 0.229. The van der Waals surface area contributed by atoms with E-state index in [-0.39, 0.29) is 11.3 Å². The predicted molar refractivity (Wildman–Crippen MR) is 57.5 cm³/mol. The second-order valence-electron chi connectivity index (χ2n) is 5.60. The Morgan fingerprint density at radius 2 is 1.88 bits per heavy atom. The molecule has 94 valence electrons. The van der Waals surface area contributed by atoms with Crippen LogP contribution in [0, 0.1) is 17.3 Å². The highest BCUT2D eigenvalue weighted by Gasteiger charge is 2.36. The van der Waals surface area contributed by atoms with E-state index in [4.69, 9.17) is 5.11 Å². The first-order valence-corrected chi connectivity index (χ1v) is 5.82. The molecule has 2 nitrogen and oxygen atoms in total. The Morgan fingerprint density at radius 3 is 2.25 bits per heavy atom. The van der Waals surface area contributed by atoms with Gasteiger partial charge >= 0.3 is 5.97 Å². The fourth-order valence-corrected chi connectivity index (χ4v) is 2.51. The van der Waals surface area contributed by atoms with Gasteiger partial charge in [0.1, 0.15) is 0 Å². The minimum absolute atomic E-state index is 0.121. The first kappa shape index (κ1) is 13.4. The van der Waals surface area contributed by atoms with Gasteiger partial charge in [0.2, 0.25) is 6.43 Å². The van der Waals surface area contributed by atoms with Gasteiger partial charge in [-0.15, -0.1) is 0 Å². The van der Waals surface area contributed by atoms with Crippen LogP contribution in [0.1, 0.15) is 46.0 Å². The minimum atomic E-state index is -2.51. The average Bonchev–Trinajstić information content (AvgIpc) is 2.14. The Hall–Kier alpha value is -0.670. The number of hydrogen-bond donors (Lipinski definition) is 1. The van der Waals surface area contributed by atoms with Gasteiger partial charge in [-0.1, -0.05) is 13.8 Å². The van der Waals surface area contributed by atoms with Crippen LogP contribution in [0.15, 0.2) is 0 Å². The van der Waals surface area contributed by atoms with Crippen LogP contribution < -0.4 is 0 Å². The van der Waals surface area contributed by atoms with E-state index in [2.05, 4.69) is 13.8 Å². The van der Waals surface area contributed by atoms with Crippen molar-refractivity contribution in [1.82, 2.24) is 0 Å². The first-order valence-electron chi connectivity index (χ1n) is 5.82. The number of rotatable bonds is 4. The van der Waals surface area contributed by atoms with Crippen LogP contribution >= 0.6 is 0 Å². The Labute approximate surface area is 95.0 Å². The van der Waals surface area contributed by atoms with E-state index >= 15 is 0 Å². The summed E-state index contributed by atoms with van der Waals surface area (Å²) >= 11 is 0. The van der Waals surface area contributed by atoms with Crippen LogP contribution in [0.3, 0.4) is 0 Å². The van der Waals surface area contributed by atoms with Crippen LogP contribution in [-0.2, 0) is 4.79 Å². The van der Waals surface area contributed by atoms with E-state index < -0.39 is 24.7 Å². The molecule has 0 radical (unpaired) electrons. The maximum atomic E-state index is 12.8. The third kappa shape index (κ3) is 3.72. The lowest BCUT2D eigenvalue weighted by Crippen LogP contribution is -2.31. The first-order chi connectivity index (χ1) is 7.32. The van der Waals surface area contributed by atoms with Crippen molar-refractivity contribution in [2.75, 3.05) is 0 Å². The van der Waals surface area contributed by atoms with Crippen molar-refractivity contribution in [3.8, 4) is 0 Å². The number of aliphatic carboxylic acids is 1. The average molecular weight is 234 g/mol. The lowest BCUT2D eigenvalue weighted by molar-refractivity contribution is -0.140. The SMILES string of the molecule is CC1(C)CCC(C(CC(=O)O)C(F)F)CC1. The zero-order valence-electron chi connectivity index (χ0n) is 9.88. The molecule has 1 saturated carbocycles. The summed E-state index contributed by atoms with van der Waals surface area (Å²) in [4.78, 5) is 10.6. The summed E-state index contributed by atoms with van der Waals surface area (Å²) < 4.78 is 25.5. The summed E-state index contributed by atoms with van der Waals surface area (Å²) in [5, 5.41) is 8.63. The van der Waals surface area contributed by atoms with E-state index in [1.165, 1.54) is 0 Å². The Bertz CT molecular complexity index is 241. The zero-order chi connectivity index (χ0) is 12.3. The van der Waals surface area contributed by atoms with Crippen LogP contribution in [0.25, 0.3) is 0 Å². The van der Waals surface area contributed by atoms with Gasteiger partial charge < -0.3 is 5.11 Å². The molecule has 1 fully saturated rings. The fraction of sp³-hybridized carbons (Fsp3) is 0.917. The zero-order valence-corrected chi connectivity index (χ0v) is 9.88. The highest BCUT2D eigenvalue weighted by molar-refractivity contribution is 5.67. The van der Waals surface area contributed by atoms with Gasteiger partial charge in [-0.25, -0.2) is 8.78 Å². The van der Waals surface area contributed by atoms with Crippen LogP contribution in [0.5, 0.6) is 0 Å². The fourth-order valence-electron chi connectivity index (χ4n) is 2.51. The molecule has 1 N–H and O–H groups in total. The maximum absolute atomic E-state index is 12.8. The van der Waals surface area contributed by atoms with Gasteiger partial charge in [-0.05, 0) is 37.0 Å². The second kappa shape index (κ2) is 5.11. The summed E-state index contributed by atoms with van der Waals surface area (Å²) in [5.74, 6) is -2.20. The largest absolute Gasteiger partial charge is 0.481 e. The number of halogens is 2. The molecule has 1 atom stereocenters. The molecule has 4 heteroatoms. The van der Waals surface area contributed by atoms with E-state index in [0.29, 0.717) is 0 Å². The smallest absolute Gasteiger partial charge is 0.303 e. The number of hydrogen-bond acceptors (Lipinski definition) is 1. The molecule has 16 heavy (non-hydrogen) atoms. The molecular formula is C12H20F2O2. The van der Waals surface area contributed by atoms with Gasteiger partial charge in [-0.3, -0.25) is 4.79 Å². The number of alkyl halides is 2. The lowest BCUT2D eigenvalue weighted by Gasteiger charge is -2.37. The summed E-state index contributed by atoms with van der Waals surface area (Å²) in [6, 6.07) is 0. The number of carboxylic acid groups (broad SMARTS) is 1. The van der Waals surface area contributed by atoms with Crippen molar-refractivity contribution < 1.29 is 18.7 Å². The van der Waals surface area contributed by atoms with Gasteiger partial charge in [0.15, 0.2) is 0 Å². The Balaban J connectivity index is 2.57. The highest BCUT2D eigenvalue weighted by atomic mass is 19.3. The van der Waals surface area contributed by atoms with Gasteiger partial charge in [-0.2, -0.15) is 0 Å². The molecule has 1 aliphatic rings. The predicted octanol–water partition coefficient (Wildman–Crippen LogP) is 3.56. The molecule has 0 bridgehead atoms. The molecule has 0 aromatic rings. The molecule has 0 spiro atoms. The monoisotopic (exact) mass is 234 g/mol. The number of carboxylic acids is 1. The van der Waals surface area contributed by atoms with E-state index in [0.717, 1.165) is 25.7 Å². The quantitative estimate of drug-likeness (QED) is 0.807. The summed E-state index contributed by atoms with van der Waals surface area (Å²) in [6.07, 6.45) is 0.385. The Kier molecular flexibility index (Phi) is 4.28. The molecule has 1 aliphatic carbocycles. The van der Waals surface area contributed by atoms with Gasteiger partial charge in [0.05, 0.1) is 6.42 Å². The Morgan fingerprint density at radius 1 is 1.38 bits per heavy atom. The normalized spacial score (nSPS) is 23.3. The third-order valence-electron chi connectivity index (χ3n) is 3.72. The van der Waals surface area contributed by atoms with Crippen molar-refractivity contribution in [1.29, 1.82) is 0 Å². The molecule has 1 rings (SSSR count). The van der Waals surface area contributed by atoms with Crippen LogP contribution in [0.4, 0.5) is 8.78 Å². The molecule has 0 aromatic heterocycles. The van der Waals surface area contributed by atoms with Crippen molar-refractivity contribution in [2.24, 2.45) is 17.3 Å². The minimum Gasteiger partial charge on any atom is -0.481 e. The van der Waals surface area contributed by atoms with Crippen molar-refractivity contribution in [3.05, 3.63) is 0 Å². The molecule has 0 aliphatic heterocycles. The second-order valence-corrected chi connectivity index (χ2v) is 5.60. The van der Waals surface area contributed by atoms with Crippen LogP contribution in [0.2, 0.25) is 0 Å². The van der Waals surface area contributed by atoms with Crippen molar-refractivity contribution in [2.45, 2.75) is 52.4 Å². The van der Waals surface area contributed by atoms with Gasteiger partial charge in [0, 0.05) is 5.92 Å². The molecule has 0 amide bonds. The van der Waals surface area contributed by atoms with Crippen molar-refractivity contribution in [3.63, 3.8) is 0 Å². The maximum Gasteiger partial charge on any atom is 0.303 e. The van der Waals surface area contributed by atoms with E-state index in [1.54, 1.807) is 0 Å². The van der Waals surface area contributed by atoms with Crippen LogP contribution in [-0.4, -0.2) is 17.5 Å². The standard InChI is InChI=1S/C12H20F2O2/c1-12(2)5-3-8(4-6-12)9(11(13)14)7-10(15)16/h8-9,11H,3-7H2,1-2H3,(H,15,16). The topological polar surface area (TPSA) is 37.3 Å². The molecule has 0 heterocycles. The summed E-state index contributed by atoms with van der Waals surface area (Å²) in [6.45, 7) is 4.27. The lowest BCUT2D eigenvalue weighted by atomic mass is 9.69. The molecular weight excluding hydrogens is 214 g/mol. The third-order valence-corrected chi connectivity index (χ3v) is 3.72. The highest BCUT2D eigenvalue weighted by Crippen LogP contribution is 2.42. The van der Waals surface area contributed by atoms with Crippen molar-refractivity contribution >= 4 is 5.97 Å². The molecule has 1 unspecified atom stereocenters. The van der Waals surface area contributed by atoms with E-state index in [1.807, 2.05) is 0 Å². The summed E-state index contributed by atoms with van der Waals surface area (Å²) in [7, 11) is 0. The molecule has 0 saturated heterocycles. The van der Waals surface area contributed by atoms with Gasteiger partial charge in [0.25, 0.3) is 0 Å².